The van der Waals surface area contributed by atoms with Crippen molar-refractivity contribution in [3.63, 3.8) is 0 Å². The van der Waals surface area contributed by atoms with E-state index in [0.717, 1.165) is 5.69 Å². The fourth-order valence-corrected chi connectivity index (χ4v) is 1.76. The Bertz CT molecular complexity index is 443. The van der Waals surface area contributed by atoms with Gasteiger partial charge in [0.2, 0.25) is 0 Å². The Morgan fingerprint density at radius 3 is 2.40 bits per heavy atom. The van der Waals surface area contributed by atoms with E-state index in [-0.39, 0.29) is 5.84 Å². The summed E-state index contributed by atoms with van der Waals surface area (Å²) in [6.45, 7) is 4.28. The highest BCUT2D eigenvalue weighted by Crippen LogP contribution is 2.18. The minimum absolute atomic E-state index is 0.0346. The van der Waals surface area contributed by atoms with Crippen LogP contribution in [0, 0.1) is 6.92 Å². The highest BCUT2D eigenvalue weighted by atomic mass is 16.5. The van der Waals surface area contributed by atoms with Gasteiger partial charge in [-0.1, -0.05) is 5.16 Å². The Morgan fingerprint density at radius 1 is 1.30 bits per heavy atom. The molecule has 0 saturated carbocycles. The van der Waals surface area contributed by atoms with Crippen LogP contribution in [0.15, 0.2) is 17.3 Å². The molecule has 1 aromatic heterocycles. The van der Waals surface area contributed by atoms with Crippen LogP contribution in [0.25, 0.3) is 0 Å². The lowest BCUT2D eigenvalue weighted by atomic mass is 10.2. The summed E-state index contributed by atoms with van der Waals surface area (Å²) in [6, 6.07) is 3.61. The number of pyridine rings is 1. The lowest BCUT2D eigenvalue weighted by Gasteiger charge is -2.25. The molecule has 0 saturated heterocycles. The summed E-state index contributed by atoms with van der Waals surface area (Å²) < 4.78 is 10.2. The number of anilines is 1. The van der Waals surface area contributed by atoms with E-state index < -0.39 is 0 Å². The van der Waals surface area contributed by atoms with Gasteiger partial charge in [-0.25, -0.2) is 4.98 Å². The Labute approximate surface area is 119 Å². The summed E-state index contributed by atoms with van der Waals surface area (Å²) >= 11 is 0. The molecule has 1 heterocycles. The van der Waals surface area contributed by atoms with Crippen LogP contribution < -0.4 is 10.6 Å². The van der Waals surface area contributed by atoms with Crippen LogP contribution in [0.5, 0.6) is 0 Å². The summed E-state index contributed by atoms with van der Waals surface area (Å²) in [6.07, 6.45) is 0. The van der Waals surface area contributed by atoms with E-state index in [1.807, 2.05) is 17.9 Å². The van der Waals surface area contributed by atoms with Crippen molar-refractivity contribution in [1.29, 1.82) is 0 Å². The van der Waals surface area contributed by atoms with Crippen LogP contribution in [-0.2, 0) is 9.47 Å². The number of ether oxygens (including phenoxy) is 2. The number of aryl methyl sites for hydroxylation is 1. The number of nitrogens with two attached hydrogens (primary N) is 1. The fraction of sp³-hybridized carbons (Fsp3) is 0.538. The molecule has 0 aliphatic heterocycles. The van der Waals surface area contributed by atoms with E-state index in [0.29, 0.717) is 37.7 Å². The zero-order valence-electron chi connectivity index (χ0n) is 12.2. The molecule has 0 aliphatic carbocycles. The Kier molecular flexibility index (Phi) is 6.75. The van der Waals surface area contributed by atoms with E-state index in [2.05, 4.69) is 10.1 Å². The molecule has 0 radical (unpaired) electrons. The maximum absolute atomic E-state index is 8.88. The van der Waals surface area contributed by atoms with Crippen molar-refractivity contribution < 1.29 is 14.7 Å². The maximum Gasteiger partial charge on any atom is 0.173 e. The largest absolute Gasteiger partial charge is 0.409 e. The van der Waals surface area contributed by atoms with Crippen molar-refractivity contribution in [3.05, 3.63) is 23.4 Å². The summed E-state index contributed by atoms with van der Waals surface area (Å²) in [5.41, 5.74) is 7.16. The molecule has 0 aromatic carbocycles. The number of amidine groups is 1. The lowest BCUT2D eigenvalue weighted by Crippen LogP contribution is -2.33. The number of hydrogen-bond acceptors (Lipinski definition) is 6. The standard InChI is InChI=1S/C13H22N4O3/c1-10-4-5-11(12(14)16-18)13(15-10)17(6-8-19-2)7-9-20-3/h4-5,18H,6-9H2,1-3H3,(H2,14,16). The minimum Gasteiger partial charge on any atom is -0.409 e. The van der Waals surface area contributed by atoms with Crippen LogP contribution in [0.4, 0.5) is 5.82 Å². The highest BCUT2D eigenvalue weighted by molar-refractivity contribution is 6.01. The predicted molar refractivity (Wildman–Crippen MR) is 77.4 cm³/mol. The van der Waals surface area contributed by atoms with E-state index in [9.17, 15) is 0 Å². The molecule has 20 heavy (non-hydrogen) atoms. The van der Waals surface area contributed by atoms with Crippen LogP contribution >= 0.6 is 0 Å². The monoisotopic (exact) mass is 282 g/mol. The highest BCUT2D eigenvalue weighted by Gasteiger charge is 2.16. The first-order chi connectivity index (χ1) is 9.63. The molecule has 0 atom stereocenters. The van der Waals surface area contributed by atoms with Crippen molar-refractivity contribution >= 4 is 11.7 Å². The predicted octanol–water partition coefficient (Wildman–Crippen LogP) is 0.584. The van der Waals surface area contributed by atoms with Crippen LogP contribution in [0.3, 0.4) is 0 Å². The second-order valence-electron chi connectivity index (χ2n) is 4.28. The SMILES string of the molecule is COCCN(CCOC)c1nc(C)ccc1C(N)=NO. The van der Waals surface area contributed by atoms with Crippen molar-refractivity contribution in [3.8, 4) is 0 Å². The van der Waals surface area contributed by atoms with Gasteiger partial charge in [-0.15, -0.1) is 0 Å². The Hall–Kier alpha value is -1.86. The van der Waals surface area contributed by atoms with E-state index in [1.54, 1.807) is 20.3 Å². The number of aromatic nitrogens is 1. The van der Waals surface area contributed by atoms with Gasteiger partial charge in [-0.3, -0.25) is 0 Å². The van der Waals surface area contributed by atoms with Crippen LogP contribution in [0.1, 0.15) is 11.3 Å². The summed E-state index contributed by atoms with van der Waals surface area (Å²) in [5.74, 6) is 0.696. The van der Waals surface area contributed by atoms with Crippen molar-refractivity contribution in [2.45, 2.75) is 6.92 Å². The molecule has 0 bridgehead atoms. The molecule has 3 N–H and O–H groups in total. The van der Waals surface area contributed by atoms with Crippen LogP contribution in [0.2, 0.25) is 0 Å². The first-order valence-electron chi connectivity index (χ1n) is 6.32. The van der Waals surface area contributed by atoms with Gasteiger partial charge in [-0.05, 0) is 19.1 Å². The number of hydrogen-bond donors (Lipinski definition) is 2. The minimum atomic E-state index is 0.0346. The van der Waals surface area contributed by atoms with Gasteiger partial charge in [0.25, 0.3) is 0 Å². The first-order valence-corrected chi connectivity index (χ1v) is 6.32. The van der Waals surface area contributed by atoms with Crippen molar-refractivity contribution in [2.24, 2.45) is 10.9 Å². The summed E-state index contributed by atoms with van der Waals surface area (Å²) in [5, 5.41) is 11.9. The fourth-order valence-electron chi connectivity index (χ4n) is 1.76. The second kappa shape index (κ2) is 8.34. The molecule has 7 nitrogen and oxygen atoms in total. The van der Waals surface area contributed by atoms with Gasteiger partial charge in [0.1, 0.15) is 5.82 Å². The van der Waals surface area contributed by atoms with Gasteiger partial charge in [0.15, 0.2) is 5.84 Å². The van der Waals surface area contributed by atoms with Gasteiger partial charge >= 0.3 is 0 Å². The molecule has 0 fully saturated rings. The van der Waals surface area contributed by atoms with Gasteiger partial charge in [0.05, 0.1) is 18.8 Å². The summed E-state index contributed by atoms with van der Waals surface area (Å²) in [4.78, 5) is 6.48. The van der Waals surface area contributed by atoms with E-state index in [4.69, 9.17) is 20.4 Å². The Balaban J connectivity index is 3.11. The second-order valence-corrected chi connectivity index (χ2v) is 4.28. The van der Waals surface area contributed by atoms with Crippen LogP contribution in [-0.4, -0.2) is 56.5 Å². The number of rotatable bonds is 8. The molecule has 112 valence electrons. The molecule has 0 aliphatic rings. The van der Waals surface area contributed by atoms with Gasteiger partial charge in [-0.2, -0.15) is 0 Å². The Morgan fingerprint density at radius 2 is 1.90 bits per heavy atom. The third-order valence-electron chi connectivity index (χ3n) is 2.83. The molecule has 0 amide bonds. The van der Waals surface area contributed by atoms with E-state index >= 15 is 0 Å². The van der Waals surface area contributed by atoms with Gasteiger partial charge < -0.3 is 25.3 Å². The zero-order chi connectivity index (χ0) is 15.0. The smallest absolute Gasteiger partial charge is 0.173 e. The zero-order valence-corrected chi connectivity index (χ0v) is 12.2. The molecular formula is C13H22N4O3. The quantitative estimate of drug-likeness (QED) is 0.313. The average Bonchev–Trinajstić information content (AvgIpc) is 2.46. The third-order valence-corrected chi connectivity index (χ3v) is 2.83. The number of nitrogens with zero attached hydrogens (tertiary/aromatic N) is 3. The molecule has 0 unspecified atom stereocenters. The van der Waals surface area contributed by atoms with E-state index in [1.165, 1.54) is 0 Å². The number of oxime groups is 1. The molecule has 1 rings (SSSR count). The summed E-state index contributed by atoms with van der Waals surface area (Å²) in [7, 11) is 3.28. The molecular weight excluding hydrogens is 260 g/mol. The van der Waals surface area contributed by atoms with Gasteiger partial charge in [0, 0.05) is 33.0 Å². The van der Waals surface area contributed by atoms with Crippen molar-refractivity contribution in [1.82, 2.24) is 4.98 Å². The van der Waals surface area contributed by atoms with Crippen molar-refractivity contribution in [2.75, 3.05) is 45.4 Å². The first kappa shape index (κ1) is 16.2. The number of methoxy groups -OCH3 is 2. The third kappa shape index (κ3) is 4.36. The average molecular weight is 282 g/mol. The lowest BCUT2D eigenvalue weighted by molar-refractivity contribution is 0.190. The topological polar surface area (TPSA) is 93.2 Å². The molecule has 1 aromatic rings. The molecule has 7 heteroatoms. The maximum atomic E-state index is 8.88. The normalized spacial score (nSPS) is 11.7. The molecule has 0 spiro atoms.